The van der Waals surface area contributed by atoms with Crippen LogP contribution in [0.1, 0.15) is 107 Å². The molecule has 3 fully saturated rings. The lowest BCUT2D eigenvalue weighted by Gasteiger charge is -2.57. The fourth-order valence-corrected chi connectivity index (χ4v) is 7.97. The van der Waals surface area contributed by atoms with Crippen LogP contribution < -0.4 is 15.5 Å². The summed E-state index contributed by atoms with van der Waals surface area (Å²) in [7, 11) is 2.22. The molecule has 0 spiro atoms. The van der Waals surface area contributed by atoms with Crippen molar-refractivity contribution in [1.29, 1.82) is 0 Å². The quantitative estimate of drug-likeness (QED) is 0.306. The van der Waals surface area contributed by atoms with E-state index in [4.69, 9.17) is 14.7 Å². The van der Waals surface area contributed by atoms with Gasteiger partial charge in [0.25, 0.3) is 0 Å². The third-order valence-electron chi connectivity index (χ3n) is 10.2. The standard InChI is InChI=1S/C32H55N8O/c1-29(2)22-26(33)25(32(7,8)38(29)9)14-12-10-11-13-15-34-24-20-30(3,4)40(31(5,6)21-24)28-36-23-35-27(37-28)39-16-18-41-19-17-39/h15,24-26H,10-14,16-22H2,1-9H3. The Balaban J connectivity index is 1.27. The number of morpholine rings is 1. The number of hydrogen-bond donors (Lipinski definition) is 0. The second-order valence-corrected chi connectivity index (χ2v) is 15.0. The van der Waals surface area contributed by atoms with Gasteiger partial charge in [-0.15, -0.1) is 5.73 Å². The van der Waals surface area contributed by atoms with Gasteiger partial charge in [0.2, 0.25) is 18.2 Å². The van der Waals surface area contributed by atoms with Gasteiger partial charge < -0.3 is 14.5 Å². The number of rotatable bonds is 9. The van der Waals surface area contributed by atoms with E-state index in [-0.39, 0.29) is 34.2 Å². The number of aromatic nitrogens is 3. The van der Waals surface area contributed by atoms with Gasteiger partial charge in [-0.3, -0.25) is 9.89 Å². The maximum absolute atomic E-state index is 10.9. The second kappa shape index (κ2) is 12.4. The molecule has 0 saturated carbocycles. The molecule has 2 unspecified atom stereocenters. The van der Waals surface area contributed by atoms with Crippen molar-refractivity contribution in [2.24, 2.45) is 10.9 Å². The summed E-state index contributed by atoms with van der Waals surface area (Å²) in [5.74, 6) is 1.69. The molecule has 9 nitrogen and oxygen atoms in total. The van der Waals surface area contributed by atoms with E-state index < -0.39 is 0 Å². The molecule has 229 valence electrons. The summed E-state index contributed by atoms with van der Waals surface area (Å²) in [4.78, 5) is 25.8. The molecule has 3 radical (unpaired) electrons. The smallest absolute Gasteiger partial charge is 0.231 e. The number of nitrogens with zero attached hydrogens (tertiary/aromatic N) is 8. The minimum absolute atomic E-state index is 0.000501. The highest BCUT2D eigenvalue weighted by Crippen LogP contribution is 2.43. The third kappa shape index (κ3) is 7.21. The van der Waals surface area contributed by atoms with Crippen molar-refractivity contribution >= 4 is 18.1 Å². The summed E-state index contributed by atoms with van der Waals surface area (Å²) in [5.41, 5.74) is 10.6. The van der Waals surface area contributed by atoms with Gasteiger partial charge in [0.15, 0.2) is 0 Å². The molecule has 4 rings (SSSR count). The van der Waals surface area contributed by atoms with Crippen molar-refractivity contribution in [3.63, 3.8) is 0 Å². The topological polar surface area (TPSA) is 92.3 Å². The van der Waals surface area contributed by atoms with E-state index in [2.05, 4.69) is 99.6 Å². The molecule has 0 N–H and O–H groups in total. The Morgan fingerprint density at radius 3 is 2.20 bits per heavy atom. The number of hydrogen-bond acceptors (Lipinski definition) is 8. The number of piperidine rings is 2. The van der Waals surface area contributed by atoms with Crippen LogP contribution in [0.15, 0.2) is 4.99 Å². The lowest BCUT2D eigenvalue weighted by Crippen LogP contribution is -2.65. The molecule has 0 bridgehead atoms. The normalized spacial score (nSPS) is 28.3. The average molecular weight is 568 g/mol. The second-order valence-electron chi connectivity index (χ2n) is 15.0. The van der Waals surface area contributed by atoms with Gasteiger partial charge in [-0.05, 0) is 113 Å². The zero-order valence-electron chi connectivity index (χ0n) is 27.3. The molecule has 0 aliphatic carbocycles. The van der Waals surface area contributed by atoms with Crippen LogP contribution in [-0.4, -0.2) is 93.7 Å². The molecule has 3 saturated heterocycles. The van der Waals surface area contributed by atoms with Gasteiger partial charge in [-0.1, -0.05) is 12.8 Å². The molecule has 1 aromatic rings. The van der Waals surface area contributed by atoms with Crippen molar-refractivity contribution in [2.75, 3.05) is 43.2 Å². The summed E-state index contributed by atoms with van der Waals surface area (Å²) in [6.07, 6.45) is 13.3. The van der Waals surface area contributed by atoms with Crippen molar-refractivity contribution in [1.82, 2.24) is 25.6 Å². The molecule has 0 aromatic carbocycles. The zero-order chi connectivity index (χ0) is 30.1. The van der Waals surface area contributed by atoms with Gasteiger partial charge in [0.05, 0.1) is 19.3 Å². The zero-order valence-corrected chi connectivity index (χ0v) is 27.3. The van der Waals surface area contributed by atoms with Crippen LogP contribution in [0.2, 0.25) is 0 Å². The molecule has 3 aliphatic rings. The number of anilines is 2. The first-order valence-electron chi connectivity index (χ1n) is 15.8. The van der Waals surface area contributed by atoms with Gasteiger partial charge >= 0.3 is 0 Å². The van der Waals surface area contributed by atoms with Crippen LogP contribution in [-0.2, 0) is 4.74 Å². The van der Waals surface area contributed by atoms with Crippen molar-refractivity contribution < 1.29 is 4.74 Å². The fourth-order valence-electron chi connectivity index (χ4n) is 7.97. The summed E-state index contributed by atoms with van der Waals surface area (Å²) < 4.78 is 5.49. The van der Waals surface area contributed by atoms with E-state index >= 15 is 0 Å². The first kappa shape index (κ1) is 32.1. The highest BCUT2D eigenvalue weighted by molar-refractivity contribution is 5.57. The van der Waals surface area contributed by atoms with E-state index in [1.807, 2.05) is 0 Å². The van der Waals surface area contributed by atoms with E-state index in [1.54, 1.807) is 0 Å². The van der Waals surface area contributed by atoms with E-state index in [9.17, 15) is 5.73 Å². The predicted molar refractivity (Wildman–Crippen MR) is 167 cm³/mol. The molecule has 0 amide bonds. The van der Waals surface area contributed by atoms with E-state index in [0.29, 0.717) is 31.0 Å². The summed E-state index contributed by atoms with van der Waals surface area (Å²) in [6.45, 7) is 21.1. The third-order valence-corrected chi connectivity index (χ3v) is 10.2. The lowest BCUT2D eigenvalue weighted by atomic mass is 9.68. The van der Waals surface area contributed by atoms with Gasteiger partial charge in [-0.2, -0.15) is 15.0 Å². The maximum atomic E-state index is 10.9. The van der Waals surface area contributed by atoms with E-state index in [1.165, 1.54) is 6.42 Å². The van der Waals surface area contributed by atoms with Crippen LogP contribution in [0, 0.1) is 12.2 Å². The molecule has 41 heavy (non-hydrogen) atoms. The van der Waals surface area contributed by atoms with Crippen LogP contribution in [0.25, 0.3) is 0 Å². The van der Waals surface area contributed by atoms with Crippen LogP contribution >= 0.6 is 0 Å². The Morgan fingerprint density at radius 2 is 1.54 bits per heavy atom. The van der Waals surface area contributed by atoms with Gasteiger partial charge in [0.1, 0.15) is 0 Å². The van der Waals surface area contributed by atoms with Crippen molar-refractivity contribution in [3.8, 4) is 0 Å². The monoisotopic (exact) mass is 567 g/mol. The molecule has 2 atom stereocenters. The number of unbranched alkanes of at least 4 members (excludes halogenated alkanes) is 3. The molecule has 1 aromatic heterocycles. The minimum Gasteiger partial charge on any atom is -0.378 e. The summed E-state index contributed by atoms with van der Waals surface area (Å²) in [5, 5.41) is 0. The van der Waals surface area contributed by atoms with Crippen LogP contribution in [0.5, 0.6) is 0 Å². The highest BCUT2D eigenvalue weighted by atomic mass is 16.5. The van der Waals surface area contributed by atoms with Gasteiger partial charge in [-0.25, -0.2) is 0 Å². The largest absolute Gasteiger partial charge is 0.378 e. The Hall–Kier alpha value is -1.84. The molecular formula is C32H55N8O. The van der Waals surface area contributed by atoms with Crippen LogP contribution in [0.4, 0.5) is 11.9 Å². The van der Waals surface area contributed by atoms with Crippen molar-refractivity contribution in [2.45, 2.75) is 141 Å². The molecule has 9 heteroatoms. The lowest BCUT2D eigenvalue weighted by molar-refractivity contribution is -0.0598. The number of likely N-dealkylation sites (tertiary alicyclic amines) is 1. The number of ether oxygens (including phenoxy) is 1. The minimum atomic E-state index is -0.225. The van der Waals surface area contributed by atoms with E-state index in [0.717, 1.165) is 58.0 Å². The Bertz CT molecular complexity index is 1010. The SMILES string of the molecule is CN1C(C)(C)CC([N])C(CCCCCC=NC2CC(C)(C)N(c3n[c]nc(N4CCOCC4)n3)C(C)(C)C2)C1(C)C. The summed E-state index contributed by atoms with van der Waals surface area (Å²) >= 11 is 0. The Labute approximate surface area is 249 Å². The van der Waals surface area contributed by atoms with Gasteiger partial charge in [0, 0.05) is 41.3 Å². The van der Waals surface area contributed by atoms with Crippen molar-refractivity contribution in [3.05, 3.63) is 6.33 Å². The average Bonchev–Trinajstić information content (AvgIpc) is 2.88. The van der Waals surface area contributed by atoms with Crippen LogP contribution in [0.3, 0.4) is 0 Å². The molecule has 3 aliphatic heterocycles. The number of aliphatic imine (C=N–C) groups is 1. The molecular weight excluding hydrogens is 512 g/mol. The predicted octanol–water partition coefficient (Wildman–Crippen LogP) is 5.00. The summed E-state index contributed by atoms with van der Waals surface area (Å²) in [6, 6.07) is 0.0505. The first-order chi connectivity index (χ1) is 19.1. The molecule has 4 heterocycles. The first-order valence-corrected chi connectivity index (χ1v) is 15.8. The maximum Gasteiger partial charge on any atom is 0.231 e. The Morgan fingerprint density at radius 1 is 0.902 bits per heavy atom. The fraction of sp³-hybridized carbons (Fsp3) is 0.875. The Kier molecular flexibility index (Phi) is 9.71. The highest BCUT2D eigenvalue weighted by Gasteiger charge is 2.49.